The van der Waals surface area contributed by atoms with Crippen LogP contribution in [0.15, 0.2) is 12.1 Å². The molecule has 1 fully saturated rings. The van der Waals surface area contributed by atoms with Crippen LogP contribution in [0.3, 0.4) is 0 Å². The number of nitrogens with two attached hydrogens (primary N) is 1. The molecule has 0 radical (unpaired) electrons. The van der Waals surface area contributed by atoms with Crippen molar-refractivity contribution in [1.29, 1.82) is 0 Å². The quantitative estimate of drug-likeness (QED) is 0.894. The molecule has 0 atom stereocenters. The summed E-state index contributed by atoms with van der Waals surface area (Å²) in [6, 6.07) is 3.15. The molecule has 3 nitrogen and oxygen atoms in total. The van der Waals surface area contributed by atoms with Crippen molar-refractivity contribution in [2.45, 2.75) is 37.5 Å². The number of hydrogen-bond donors (Lipinski definition) is 1. The largest absolute Gasteiger partial charge is 0.490 e. The van der Waals surface area contributed by atoms with E-state index in [9.17, 15) is 4.39 Å². The first kappa shape index (κ1) is 12.7. The molecule has 104 valence electrons. The van der Waals surface area contributed by atoms with E-state index >= 15 is 0 Å². The second-order valence-electron chi connectivity index (χ2n) is 5.49. The van der Waals surface area contributed by atoms with Gasteiger partial charge >= 0.3 is 0 Å². The van der Waals surface area contributed by atoms with Gasteiger partial charge in [0.25, 0.3) is 0 Å². The van der Waals surface area contributed by atoms with Crippen LogP contribution in [-0.2, 0) is 5.41 Å². The van der Waals surface area contributed by atoms with E-state index in [0.717, 1.165) is 32.1 Å². The van der Waals surface area contributed by atoms with Gasteiger partial charge in [-0.25, -0.2) is 4.39 Å². The minimum atomic E-state index is -0.275. The lowest BCUT2D eigenvalue weighted by Crippen LogP contribution is -2.33. The van der Waals surface area contributed by atoms with Gasteiger partial charge in [-0.3, -0.25) is 0 Å². The Balaban J connectivity index is 2.13. The first-order valence-electron chi connectivity index (χ1n) is 7.05. The highest BCUT2D eigenvalue weighted by Crippen LogP contribution is 2.48. The maximum absolute atomic E-state index is 14.4. The molecule has 2 aliphatic rings. The summed E-state index contributed by atoms with van der Waals surface area (Å²) in [7, 11) is 0. The zero-order valence-electron chi connectivity index (χ0n) is 11.1. The van der Waals surface area contributed by atoms with Gasteiger partial charge in [0.05, 0.1) is 13.2 Å². The Bertz CT molecular complexity index is 469. The predicted octanol–water partition coefficient (Wildman–Crippen LogP) is 2.76. The Labute approximate surface area is 112 Å². The summed E-state index contributed by atoms with van der Waals surface area (Å²) >= 11 is 0. The number of ether oxygens (including phenoxy) is 2. The van der Waals surface area contributed by atoms with Crippen molar-refractivity contribution < 1.29 is 13.9 Å². The Morgan fingerprint density at radius 3 is 2.58 bits per heavy atom. The van der Waals surface area contributed by atoms with Gasteiger partial charge in [-0.15, -0.1) is 0 Å². The topological polar surface area (TPSA) is 44.5 Å². The average Bonchev–Trinajstić information content (AvgIpc) is 2.78. The third-order valence-electron chi connectivity index (χ3n) is 4.35. The van der Waals surface area contributed by atoms with Crippen LogP contribution in [0.1, 0.15) is 37.7 Å². The Kier molecular flexibility index (Phi) is 3.35. The number of halogens is 1. The van der Waals surface area contributed by atoms with Gasteiger partial charge in [0.1, 0.15) is 5.82 Å². The fraction of sp³-hybridized carbons (Fsp3) is 0.600. The van der Waals surface area contributed by atoms with Crippen molar-refractivity contribution in [2.24, 2.45) is 5.73 Å². The lowest BCUT2D eigenvalue weighted by Gasteiger charge is -2.30. The van der Waals surface area contributed by atoms with Gasteiger partial charge in [0.15, 0.2) is 11.5 Å². The molecule has 0 aromatic heterocycles. The first-order valence-corrected chi connectivity index (χ1v) is 7.05. The van der Waals surface area contributed by atoms with Crippen LogP contribution in [0.4, 0.5) is 4.39 Å². The van der Waals surface area contributed by atoms with Crippen LogP contribution in [-0.4, -0.2) is 19.8 Å². The number of rotatable bonds is 2. The Morgan fingerprint density at radius 2 is 1.84 bits per heavy atom. The second kappa shape index (κ2) is 5.00. The first-order chi connectivity index (χ1) is 9.27. The number of hydrogen-bond acceptors (Lipinski definition) is 3. The molecule has 0 bridgehead atoms. The van der Waals surface area contributed by atoms with Gasteiger partial charge in [-0.2, -0.15) is 0 Å². The smallest absolute Gasteiger partial charge is 0.167 e. The maximum Gasteiger partial charge on any atom is 0.167 e. The van der Waals surface area contributed by atoms with Crippen molar-refractivity contribution >= 4 is 0 Å². The molecule has 4 heteroatoms. The molecule has 1 saturated carbocycles. The molecule has 0 spiro atoms. The van der Waals surface area contributed by atoms with Gasteiger partial charge in [-0.1, -0.05) is 12.8 Å². The monoisotopic (exact) mass is 265 g/mol. The molecule has 1 aliphatic carbocycles. The lowest BCUT2D eigenvalue weighted by atomic mass is 9.78. The van der Waals surface area contributed by atoms with Crippen molar-refractivity contribution in [1.82, 2.24) is 0 Å². The summed E-state index contributed by atoms with van der Waals surface area (Å²) in [6.45, 7) is 1.65. The van der Waals surface area contributed by atoms with Crippen molar-refractivity contribution in [3.8, 4) is 11.5 Å². The molecule has 1 heterocycles. The summed E-state index contributed by atoms with van der Waals surface area (Å²) in [5.74, 6) is 1.04. The molecule has 0 unspecified atom stereocenters. The third kappa shape index (κ3) is 2.08. The van der Waals surface area contributed by atoms with Crippen LogP contribution < -0.4 is 15.2 Å². The van der Waals surface area contributed by atoms with Crippen LogP contribution >= 0.6 is 0 Å². The second-order valence-corrected chi connectivity index (χ2v) is 5.49. The molecule has 3 rings (SSSR count). The summed E-state index contributed by atoms with van der Waals surface area (Å²) in [6.07, 6.45) is 4.88. The number of benzene rings is 1. The van der Waals surface area contributed by atoms with E-state index in [0.29, 0.717) is 36.8 Å². The zero-order valence-corrected chi connectivity index (χ0v) is 11.1. The van der Waals surface area contributed by atoms with Crippen molar-refractivity contribution in [2.75, 3.05) is 19.8 Å². The molecular formula is C15H20FNO2. The van der Waals surface area contributed by atoms with Crippen molar-refractivity contribution in [3.05, 3.63) is 23.5 Å². The predicted molar refractivity (Wildman–Crippen MR) is 71.2 cm³/mol. The molecule has 0 amide bonds. The van der Waals surface area contributed by atoms with E-state index in [4.69, 9.17) is 15.2 Å². The highest BCUT2D eigenvalue weighted by molar-refractivity contribution is 5.52. The summed E-state index contributed by atoms with van der Waals surface area (Å²) < 4.78 is 25.8. The maximum atomic E-state index is 14.4. The summed E-state index contributed by atoms with van der Waals surface area (Å²) in [5, 5.41) is 0. The fourth-order valence-electron chi connectivity index (χ4n) is 3.31. The van der Waals surface area contributed by atoms with Gasteiger partial charge < -0.3 is 15.2 Å². The third-order valence-corrected chi connectivity index (χ3v) is 4.35. The SMILES string of the molecule is NCC1(c2c(F)ccc3c2OCCCO3)CCCC1. The van der Waals surface area contributed by atoms with Gasteiger partial charge in [-0.05, 0) is 25.0 Å². The number of fused-ring (bicyclic) bond motifs is 1. The molecule has 1 aromatic carbocycles. The van der Waals surface area contributed by atoms with E-state index < -0.39 is 0 Å². The molecule has 1 aromatic rings. The lowest BCUT2D eigenvalue weighted by molar-refractivity contribution is 0.291. The average molecular weight is 265 g/mol. The van der Waals surface area contributed by atoms with E-state index in [1.165, 1.54) is 6.07 Å². The Hall–Kier alpha value is -1.29. The summed E-state index contributed by atoms with van der Waals surface area (Å²) in [4.78, 5) is 0. The zero-order chi connectivity index (χ0) is 13.3. The van der Waals surface area contributed by atoms with E-state index in [1.54, 1.807) is 6.07 Å². The molecule has 19 heavy (non-hydrogen) atoms. The van der Waals surface area contributed by atoms with E-state index in [2.05, 4.69) is 0 Å². The van der Waals surface area contributed by atoms with Gasteiger partial charge in [0.2, 0.25) is 0 Å². The van der Waals surface area contributed by atoms with Crippen molar-refractivity contribution in [3.63, 3.8) is 0 Å². The molecular weight excluding hydrogens is 245 g/mol. The Morgan fingerprint density at radius 1 is 1.11 bits per heavy atom. The van der Waals surface area contributed by atoms with Crippen LogP contribution in [0, 0.1) is 5.82 Å². The van der Waals surface area contributed by atoms with Crippen LogP contribution in [0.5, 0.6) is 11.5 Å². The van der Waals surface area contributed by atoms with E-state index in [-0.39, 0.29) is 11.2 Å². The highest BCUT2D eigenvalue weighted by Gasteiger charge is 2.40. The fourth-order valence-corrected chi connectivity index (χ4v) is 3.31. The standard InChI is InChI=1S/C15H20FNO2/c16-11-4-5-12-14(19-9-3-8-18-12)13(11)15(10-17)6-1-2-7-15/h4-5H,1-3,6-10,17H2. The summed E-state index contributed by atoms with van der Waals surface area (Å²) in [5.41, 5.74) is 6.35. The normalized spacial score (nSPS) is 21.2. The van der Waals surface area contributed by atoms with Crippen LogP contribution in [0.2, 0.25) is 0 Å². The minimum absolute atomic E-state index is 0.211. The van der Waals surface area contributed by atoms with Crippen LogP contribution in [0.25, 0.3) is 0 Å². The molecule has 1 aliphatic heterocycles. The minimum Gasteiger partial charge on any atom is -0.490 e. The molecule has 0 saturated heterocycles. The highest BCUT2D eigenvalue weighted by atomic mass is 19.1. The van der Waals surface area contributed by atoms with E-state index in [1.807, 2.05) is 0 Å². The van der Waals surface area contributed by atoms with Gasteiger partial charge in [0, 0.05) is 23.9 Å². The molecule has 2 N–H and O–H groups in total.